The molecule has 2 bridgehead atoms. The van der Waals surface area contributed by atoms with Crippen LogP contribution in [0.15, 0.2) is 12.2 Å². The molecule has 2 aliphatic rings. The van der Waals surface area contributed by atoms with Gasteiger partial charge in [0.05, 0.1) is 5.92 Å². The van der Waals surface area contributed by atoms with E-state index in [1.165, 1.54) is 6.92 Å². The zero-order valence-corrected chi connectivity index (χ0v) is 8.36. The summed E-state index contributed by atoms with van der Waals surface area (Å²) >= 11 is 0. The van der Waals surface area contributed by atoms with Crippen molar-refractivity contribution in [2.24, 2.45) is 23.2 Å². The summed E-state index contributed by atoms with van der Waals surface area (Å²) in [4.78, 5) is 22.5. The van der Waals surface area contributed by atoms with Gasteiger partial charge in [0, 0.05) is 5.92 Å². The molecule has 3 heteroatoms. The Bertz CT molecular complexity index is 331. The fourth-order valence-electron chi connectivity index (χ4n) is 3.09. The van der Waals surface area contributed by atoms with Crippen LogP contribution in [0.25, 0.3) is 0 Å². The predicted molar refractivity (Wildman–Crippen MR) is 50.7 cm³/mol. The van der Waals surface area contributed by atoms with Gasteiger partial charge in [-0.1, -0.05) is 19.1 Å². The van der Waals surface area contributed by atoms with Gasteiger partial charge < -0.3 is 5.11 Å². The van der Waals surface area contributed by atoms with Crippen LogP contribution in [0.5, 0.6) is 0 Å². The number of carbonyl (C=O) groups is 2. The van der Waals surface area contributed by atoms with E-state index in [-0.39, 0.29) is 23.0 Å². The molecule has 0 aromatic carbocycles. The van der Waals surface area contributed by atoms with Crippen molar-refractivity contribution in [1.29, 1.82) is 0 Å². The molecule has 0 radical (unpaired) electrons. The smallest absolute Gasteiger partial charge is 0.308 e. The van der Waals surface area contributed by atoms with Crippen molar-refractivity contribution in [3.05, 3.63) is 12.2 Å². The number of carboxylic acids is 1. The van der Waals surface area contributed by atoms with Crippen molar-refractivity contribution < 1.29 is 14.7 Å². The van der Waals surface area contributed by atoms with E-state index in [0.717, 1.165) is 6.42 Å². The van der Waals surface area contributed by atoms with Gasteiger partial charge in [-0.15, -0.1) is 0 Å². The van der Waals surface area contributed by atoms with Crippen molar-refractivity contribution in [3.63, 3.8) is 0 Å². The van der Waals surface area contributed by atoms with Gasteiger partial charge in [-0.3, -0.25) is 9.59 Å². The van der Waals surface area contributed by atoms with E-state index in [2.05, 4.69) is 0 Å². The van der Waals surface area contributed by atoms with Crippen LogP contribution in [0.1, 0.15) is 20.3 Å². The summed E-state index contributed by atoms with van der Waals surface area (Å²) in [5, 5.41) is 9.13. The third-order valence-electron chi connectivity index (χ3n) is 3.67. The van der Waals surface area contributed by atoms with Crippen molar-refractivity contribution in [2.75, 3.05) is 0 Å². The Kier molecular flexibility index (Phi) is 1.81. The molecule has 3 nitrogen and oxygen atoms in total. The second-order valence-electron chi connectivity index (χ2n) is 4.69. The summed E-state index contributed by atoms with van der Waals surface area (Å²) in [6, 6.07) is 0. The number of hydrogen-bond donors (Lipinski definition) is 1. The number of aliphatic carboxylic acids is 1. The van der Waals surface area contributed by atoms with Crippen LogP contribution >= 0.6 is 0 Å². The largest absolute Gasteiger partial charge is 0.481 e. The molecule has 0 heterocycles. The van der Waals surface area contributed by atoms with Gasteiger partial charge in [0.15, 0.2) is 0 Å². The van der Waals surface area contributed by atoms with E-state index >= 15 is 0 Å². The number of carbonyl (C=O) groups excluding carboxylic acids is 1. The summed E-state index contributed by atoms with van der Waals surface area (Å²) < 4.78 is 0. The third-order valence-corrected chi connectivity index (χ3v) is 3.67. The molecule has 2 aliphatic carbocycles. The van der Waals surface area contributed by atoms with Crippen LogP contribution in [0, 0.1) is 23.2 Å². The molecule has 0 saturated heterocycles. The molecule has 2 rings (SSSR count). The number of Topliss-reactive ketones (excluding diaryl/α,β-unsaturated/α-hetero) is 1. The number of ketones is 1. The second-order valence-corrected chi connectivity index (χ2v) is 4.69. The first-order valence-electron chi connectivity index (χ1n) is 4.88. The quantitative estimate of drug-likeness (QED) is 0.677. The monoisotopic (exact) mass is 194 g/mol. The summed E-state index contributed by atoms with van der Waals surface area (Å²) in [7, 11) is 0. The highest BCUT2D eigenvalue weighted by Gasteiger charge is 2.56. The lowest BCUT2D eigenvalue weighted by molar-refractivity contribution is -0.148. The standard InChI is InChI=1S/C11H14O3/c1-6(12)8-7-3-4-11(2,5-7)9(8)10(13)14/h3-4,7-9H,5H2,1-2H3,(H,13,14). The van der Waals surface area contributed by atoms with E-state index in [1.807, 2.05) is 19.1 Å². The summed E-state index contributed by atoms with van der Waals surface area (Å²) in [5.41, 5.74) is -0.299. The minimum Gasteiger partial charge on any atom is -0.481 e. The van der Waals surface area contributed by atoms with Gasteiger partial charge in [0.2, 0.25) is 0 Å². The second kappa shape index (κ2) is 2.69. The molecule has 0 aromatic heterocycles. The van der Waals surface area contributed by atoms with E-state index in [0.29, 0.717) is 0 Å². The molecule has 0 spiro atoms. The fourth-order valence-corrected chi connectivity index (χ4v) is 3.09. The molecule has 1 N–H and O–H groups in total. The zero-order chi connectivity index (χ0) is 10.5. The normalized spacial score (nSPS) is 44.3. The van der Waals surface area contributed by atoms with Gasteiger partial charge >= 0.3 is 5.97 Å². The maximum atomic E-state index is 11.4. The highest BCUT2D eigenvalue weighted by Crippen LogP contribution is 2.56. The highest BCUT2D eigenvalue weighted by molar-refractivity contribution is 5.87. The Morgan fingerprint density at radius 3 is 2.57 bits per heavy atom. The number of hydrogen-bond acceptors (Lipinski definition) is 2. The molecule has 0 amide bonds. The third kappa shape index (κ3) is 1.04. The van der Waals surface area contributed by atoms with Crippen LogP contribution in [0.3, 0.4) is 0 Å². The number of rotatable bonds is 2. The van der Waals surface area contributed by atoms with Gasteiger partial charge in [0.25, 0.3) is 0 Å². The van der Waals surface area contributed by atoms with Gasteiger partial charge in [0.1, 0.15) is 5.78 Å². The lowest BCUT2D eigenvalue weighted by Gasteiger charge is -2.28. The molecule has 4 atom stereocenters. The zero-order valence-electron chi connectivity index (χ0n) is 8.36. The van der Waals surface area contributed by atoms with Crippen molar-refractivity contribution in [1.82, 2.24) is 0 Å². The van der Waals surface area contributed by atoms with Crippen molar-refractivity contribution in [3.8, 4) is 0 Å². The Morgan fingerprint density at radius 2 is 2.14 bits per heavy atom. The lowest BCUT2D eigenvalue weighted by Crippen LogP contribution is -2.36. The average molecular weight is 194 g/mol. The summed E-state index contributed by atoms with van der Waals surface area (Å²) in [6.45, 7) is 3.43. The first kappa shape index (κ1) is 9.44. The first-order chi connectivity index (χ1) is 6.46. The molecule has 4 unspecified atom stereocenters. The van der Waals surface area contributed by atoms with E-state index < -0.39 is 11.9 Å². The molecule has 14 heavy (non-hydrogen) atoms. The van der Waals surface area contributed by atoms with Gasteiger partial charge in [-0.25, -0.2) is 0 Å². The molecule has 76 valence electrons. The van der Waals surface area contributed by atoms with E-state index in [1.54, 1.807) is 0 Å². The number of carboxylic acid groups (broad SMARTS) is 1. The van der Waals surface area contributed by atoms with Crippen LogP contribution in [0.4, 0.5) is 0 Å². The van der Waals surface area contributed by atoms with Crippen molar-refractivity contribution in [2.45, 2.75) is 20.3 Å². The molecule has 0 aromatic rings. The van der Waals surface area contributed by atoms with Crippen LogP contribution in [-0.2, 0) is 9.59 Å². The van der Waals surface area contributed by atoms with E-state index in [9.17, 15) is 9.59 Å². The van der Waals surface area contributed by atoms with Crippen molar-refractivity contribution >= 4 is 11.8 Å². The Morgan fingerprint density at radius 1 is 1.50 bits per heavy atom. The first-order valence-corrected chi connectivity index (χ1v) is 4.88. The Labute approximate surface area is 82.8 Å². The van der Waals surface area contributed by atoms with Gasteiger partial charge in [-0.2, -0.15) is 0 Å². The topological polar surface area (TPSA) is 54.4 Å². The molecule has 1 saturated carbocycles. The Hall–Kier alpha value is -1.12. The summed E-state index contributed by atoms with van der Waals surface area (Å²) in [6.07, 6.45) is 4.79. The lowest BCUT2D eigenvalue weighted by atomic mass is 9.73. The summed E-state index contributed by atoms with van der Waals surface area (Å²) in [5.74, 6) is -1.49. The molecular weight excluding hydrogens is 180 g/mol. The van der Waals surface area contributed by atoms with Crippen LogP contribution < -0.4 is 0 Å². The highest BCUT2D eigenvalue weighted by atomic mass is 16.4. The van der Waals surface area contributed by atoms with Crippen LogP contribution in [-0.4, -0.2) is 16.9 Å². The molecular formula is C11H14O3. The Balaban J connectivity index is 2.41. The SMILES string of the molecule is CC(=O)C1C2C=CC(C)(C2)C1C(=O)O. The maximum Gasteiger partial charge on any atom is 0.308 e. The average Bonchev–Trinajstić information content (AvgIpc) is 2.55. The van der Waals surface area contributed by atoms with Crippen LogP contribution in [0.2, 0.25) is 0 Å². The minimum absolute atomic E-state index is 0.00970. The van der Waals surface area contributed by atoms with Gasteiger partial charge in [-0.05, 0) is 24.7 Å². The number of allylic oxidation sites excluding steroid dienone is 2. The minimum atomic E-state index is -0.834. The fraction of sp³-hybridized carbons (Fsp3) is 0.636. The molecule has 1 fully saturated rings. The maximum absolute atomic E-state index is 11.4. The predicted octanol–water partition coefficient (Wildman–Crippen LogP) is 1.49. The molecule has 0 aliphatic heterocycles. The van der Waals surface area contributed by atoms with E-state index in [4.69, 9.17) is 5.11 Å². The number of fused-ring (bicyclic) bond motifs is 2.